The Morgan fingerprint density at radius 1 is 1.06 bits per heavy atom. The van der Waals surface area contributed by atoms with Gasteiger partial charge in [-0.1, -0.05) is 0 Å². The van der Waals surface area contributed by atoms with Crippen molar-refractivity contribution in [1.29, 1.82) is 0 Å². The summed E-state index contributed by atoms with van der Waals surface area (Å²) >= 11 is 0. The fourth-order valence-corrected chi connectivity index (χ4v) is 4.96. The number of aromatic nitrogens is 6. The van der Waals surface area contributed by atoms with E-state index in [1.807, 2.05) is 31.5 Å². The molecule has 1 aliphatic carbocycles. The monoisotopic (exact) mass is 492 g/mol. The third kappa shape index (κ3) is 4.55. The van der Waals surface area contributed by atoms with Crippen LogP contribution in [0.3, 0.4) is 0 Å². The summed E-state index contributed by atoms with van der Waals surface area (Å²) in [5.41, 5.74) is 4.66. The lowest BCUT2D eigenvalue weighted by molar-refractivity contribution is 0.0772. The van der Waals surface area contributed by atoms with Crippen molar-refractivity contribution in [3.63, 3.8) is 0 Å². The van der Waals surface area contributed by atoms with Crippen LogP contribution in [0.25, 0.3) is 17.1 Å². The molecule has 0 amide bonds. The predicted molar refractivity (Wildman–Crippen MR) is 132 cm³/mol. The minimum Gasteiger partial charge on any atom is -0.386 e. The minimum atomic E-state index is -1.03. The van der Waals surface area contributed by atoms with Gasteiger partial charge in [0.05, 0.1) is 22.7 Å². The van der Waals surface area contributed by atoms with Gasteiger partial charge in [0.25, 0.3) is 0 Å². The molecule has 0 atom stereocenters. The first-order valence-electron chi connectivity index (χ1n) is 12.1. The number of rotatable bonds is 7. The molecule has 1 aliphatic rings. The van der Waals surface area contributed by atoms with E-state index in [1.54, 1.807) is 18.5 Å². The molecule has 1 aromatic carbocycles. The van der Waals surface area contributed by atoms with Crippen LogP contribution in [0.15, 0.2) is 30.6 Å². The third-order valence-corrected chi connectivity index (χ3v) is 6.81. The number of hydrogen-bond donors (Lipinski definition) is 1. The molecule has 9 heteroatoms. The quantitative estimate of drug-likeness (QED) is 0.395. The molecule has 36 heavy (non-hydrogen) atoms. The van der Waals surface area contributed by atoms with E-state index >= 15 is 0 Å². The van der Waals surface area contributed by atoms with Gasteiger partial charge in [0.15, 0.2) is 5.82 Å². The number of hydrogen-bond acceptors (Lipinski definition) is 5. The van der Waals surface area contributed by atoms with Gasteiger partial charge in [-0.25, -0.2) is 23.4 Å². The number of halogens is 2. The zero-order valence-corrected chi connectivity index (χ0v) is 21.2. The first-order valence-corrected chi connectivity index (χ1v) is 12.1. The van der Waals surface area contributed by atoms with Crippen molar-refractivity contribution in [2.75, 3.05) is 0 Å². The van der Waals surface area contributed by atoms with Gasteiger partial charge in [0.2, 0.25) is 0 Å². The molecule has 5 rings (SSSR count). The lowest BCUT2D eigenvalue weighted by Crippen LogP contribution is -2.18. The summed E-state index contributed by atoms with van der Waals surface area (Å²) in [5.74, 6) is -0.0779. The average Bonchev–Trinajstić information content (AvgIpc) is 3.49. The highest BCUT2D eigenvalue weighted by Crippen LogP contribution is 2.34. The van der Waals surface area contributed by atoms with Gasteiger partial charge >= 0.3 is 0 Å². The largest absolute Gasteiger partial charge is 0.386 e. The Hall–Kier alpha value is -3.46. The van der Waals surface area contributed by atoms with Crippen LogP contribution in [-0.4, -0.2) is 34.6 Å². The molecule has 0 bridgehead atoms. The van der Waals surface area contributed by atoms with Crippen molar-refractivity contribution in [3.05, 3.63) is 76.1 Å². The van der Waals surface area contributed by atoms with Crippen LogP contribution in [0.2, 0.25) is 0 Å². The molecule has 0 unspecified atom stereocenters. The summed E-state index contributed by atoms with van der Waals surface area (Å²) in [5, 5.41) is 19.9. The van der Waals surface area contributed by atoms with Crippen molar-refractivity contribution < 1.29 is 13.9 Å². The number of benzene rings is 1. The van der Waals surface area contributed by atoms with E-state index in [0.717, 1.165) is 59.4 Å². The Kier molecular flexibility index (Phi) is 5.98. The molecule has 1 saturated carbocycles. The Morgan fingerprint density at radius 2 is 1.81 bits per heavy atom. The summed E-state index contributed by atoms with van der Waals surface area (Å²) in [6.45, 7) is 9.93. The fourth-order valence-electron chi connectivity index (χ4n) is 4.96. The molecule has 7 nitrogen and oxygen atoms in total. The van der Waals surface area contributed by atoms with Gasteiger partial charge in [-0.2, -0.15) is 10.2 Å². The summed E-state index contributed by atoms with van der Waals surface area (Å²) in [7, 11) is 0. The molecular weight excluding hydrogens is 462 g/mol. The molecule has 1 fully saturated rings. The second-order valence-electron chi connectivity index (χ2n) is 10.2. The van der Waals surface area contributed by atoms with Crippen LogP contribution in [0, 0.1) is 38.3 Å². The smallest absolute Gasteiger partial charge is 0.157 e. The zero-order valence-electron chi connectivity index (χ0n) is 21.2. The predicted octanol–water partition coefficient (Wildman–Crippen LogP) is 4.96. The van der Waals surface area contributed by atoms with E-state index in [1.165, 1.54) is 18.5 Å². The lowest BCUT2D eigenvalue weighted by atomic mass is 9.96. The van der Waals surface area contributed by atoms with Crippen LogP contribution in [0.4, 0.5) is 8.78 Å². The van der Waals surface area contributed by atoms with E-state index in [-0.39, 0.29) is 5.56 Å². The van der Waals surface area contributed by atoms with Gasteiger partial charge in [-0.05, 0) is 71.1 Å². The molecule has 1 N–H and O–H groups in total. The number of aryl methyl sites for hydroxylation is 1. The zero-order chi connectivity index (χ0) is 25.8. The third-order valence-electron chi connectivity index (χ3n) is 6.81. The van der Waals surface area contributed by atoms with E-state index in [4.69, 9.17) is 5.10 Å². The van der Waals surface area contributed by atoms with Crippen molar-refractivity contribution in [1.82, 2.24) is 29.5 Å². The van der Waals surface area contributed by atoms with Gasteiger partial charge in [-0.3, -0.25) is 4.68 Å². The van der Waals surface area contributed by atoms with E-state index in [2.05, 4.69) is 15.1 Å². The Labute approximate surface area is 208 Å². The number of aliphatic hydroxyl groups is 1. The molecule has 0 aliphatic heterocycles. The molecule has 0 saturated heterocycles. The Balaban J connectivity index is 1.53. The normalized spacial score (nSPS) is 14.0. The highest BCUT2D eigenvalue weighted by molar-refractivity contribution is 5.64. The molecule has 188 valence electrons. The Bertz CT molecular complexity index is 1450. The van der Waals surface area contributed by atoms with Gasteiger partial charge in [0, 0.05) is 47.6 Å². The number of nitrogens with zero attached hydrogens (tertiary/aromatic N) is 6. The van der Waals surface area contributed by atoms with Crippen LogP contribution in [0.5, 0.6) is 0 Å². The van der Waals surface area contributed by atoms with Crippen LogP contribution < -0.4 is 0 Å². The maximum atomic E-state index is 14.6. The molecule has 3 aromatic heterocycles. The first-order chi connectivity index (χ1) is 17.0. The van der Waals surface area contributed by atoms with Crippen LogP contribution in [-0.2, 0) is 18.6 Å². The topological polar surface area (TPSA) is 81.7 Å². The second kappa shape index (κ2) is 8.89. The van der Waals surface area contributed by atoms with Crippen molar-refractivity contribution in [2.45, 2.75) is 66.0 Å². The second-order valence-corrected chi connectivity index (χ2v) is 10.2. The average molecular weight is 493 g/mol. The van der Waals surface area contributed by atoms with E-state index < -0.39 is 17.2 Å². The van der Waals surface area contributed by atoms with Crippen molar-refractivity contribution in [3.8, 4) is 17.1 Å². The molecule has 0 spiro atoms. The van der Waals surface area contributed by atoms with Crippen molar-refractivity contribution >= 4 is 0 Å². The lowest BCUT2D eigenvalue weighted by Gasteiger charge is -2.18. The fraction of sp³-hybridized carbons (Fsp3) is 0.407. The summed E-state index contributed by atoms with van der Waals surface area (Å²) in [6, 6.07) is 5.46. The molecule has 3 heterocycles. The molecule has 0 radical (unpaired) electrons. The summed E-state index contributed by atoms with van der Waals surface area (Å²) in [4.78, 5) is 8.91. The van der Waals surface area contributed by atoms with Crippen LogP contribution >= 0.6 is 0 Å². The van der Waals surface area contributed by atoms with Gasteiger partial charge < -0.3 is 5.11 Å². The maximum Gasteiger partial charge on any atom is 0.157 e. The standard InChI is InChI=1S/C27H30F2N6O/c1-15-23(34(13-18-6-7-18)33-26(15)21-9-8-19(28)10-22(21)29)11-20-12-24(31-14-30-20)35-17(3)25(16(2)32-35)27(4,5)36/h8-10,12,14,18,36H,6-7,11,13H2,1-5H3. The summed E-state index contributed by atoms with van der Waals surface area (Å²) in [6.07, 6.45) is 4.28. The SMILES string of the molecule is Cc1nn(-c2cc(Cc3c(C)c(-c4ccc(F)cc4F)nn3CC3CC3)ncn2)c(C)c1C(C)(C)O. The first kappa shape index (κ1) is 24.2. The molecule has 4 aromatic rings. The maximum absolute atomic E-state index is 14.6. The van der Waals surface area contributed by atoms with Gasteiger partial charge in [-0.15, -0.1) is 0 Å². The minimum absolute atomic E-state index is 0.287. The van der Waals surface area contributed by atoms with Gasteiger partial charge in [0.1, 0.15) is 18.0 Å². The van der Waals surface area contributed by atoms with Crippen molar-refractivity contribution in [2.24, 2.45) is 5.92 Å². The molecular formula is C27H30F2N6O. The highest BCUT2D eigenvalue weighted by atomic mass is 19.1. The summed E-state index contributed by atoms with van der Waals surface area (Å²) < 4.78 is 31.8. The highest BCUT2D eigenvalue weighted by Gasteiger charge is 2.28. The van der Waals surface area contributed by atoms with E-state index in [0.29, 0.717) is 23.9 Å². The Morgan fingerprint density at radius 3 is 2.44 bits per heavy atom. The van der Waals surface area contributed by atoms with E-state index in [9.17, 15) is 13.9 Å². The van der Waals surface area contributed by atoms with Crippen LogP contribution in [0.1, 0.15) is 60.6 Å².